The second-order valence-electron chi connectivity index (χ2n) is 2.76. The van der Waals surface area contributed by atoms with Crippen molar-refractivity contribution in [2.45, 2.75) is 17.6 Å². The molecule has 5 heteroatoms. The van der Waals surface area contributed by atoms with Gasteiger partial charge in [-0.2, -0.15) is 0 Å². The van der Waals surface area contributed by atoms with Crippen molar-refractivity contribution in [3.05, 3.63) is 0 Å². The SMILES string of the molecule is COC(=O)C1(S(C)(=O)=O)CC1. The Hall–Kier alpha value is -0.580. The van der Waals surface area contributed by atoms with Gasteiger partial charge < -0.3 is 4.74 Å². The number of sulfone groups is 1. The Balaban J connectivity index is 2.94. The lowest BCUT2D eigenvalue weighted by molar-refractivity contribution is -0.140. The molecule has 0 atom stereocenters. The first-order valence-corrected chi connectivity index (χ1v) is 5.11. The lowest BCUT2D eigenvalue weighted by atomic mass is 10.4. The number of methoxy groups -OCH3 is 1. The second kappa shape index (κ2) is 2.20. The molecule has 0 aliphatic heterocycles. The van der Waals surface area contributed by atoms with Crippen LogP contribution in [0.1, 0.15) is 12.8 Å². The molecular formula is C6H10O4S. The molecule has 0 heterocycles. The summed E-state index contributed by atoms with van der Waals surface area (Å²) in [6.07, 6.45) is 1.87. The Morgan fingerprint density at radius 2 is 1.91 bits per heavy atom. The van der Waals surface area contributed by atoms with Crippen LogP contribution < -0.4 is 0 Å². The van der Waals surface area contributed by atoms with E-state index in [1.54, 1.807) is 0 Å². The summed E-state index contributed by atoms with van der Waals surface area (Å²) in [5.41, 5.74) is 0. The van der Waals surface area contributed by atoms with Crippen LogP contribution >= 0.6 is 0 Å². The van der Waals surface area contributed by atoms with Gasteiger partial charge in [-0.1, -0.05) is 0 Å². The Labute approximate surface area is 65.5 Å². The van der Waals surface area contributed by atoms with Gasteiger partial charge in [0.05, 0.1) is 7.11 Å². The van der Waals surface area contributed by atoms with Gasteiger partial charge in [0.25, 0.3) is 0 Å². The van der Waals surface area contributed by atoms with E-state index in [1.807, 2.05) is 0 Å². The molecule has 0 radical (unpaired) electrons. The van der Waals surface area contributed by atoms with Crippen LogP contribution in [0.15, 0.2) is 0 Å². The summed E-state index contributed by atoms with van der Waals surface area (Å²) in [7, 11) is -2.08. The van der Waals surface area contributed by atoms with Gasteiger partial charge in [0.1, 0.15) is 0 Å². The Morgan fingerprint density at radius 3 is 2.00 bits per heavy atom. The van der Waals surface area contributed by atoms with Crippen LogP contribution in [0.25, 0.3) is 0 Å². The highest BCUT2D eigenvalue weighted by atomic mass is 32.2. The third kappa shape index (κ3) is 1.13. The average molecular weight is 178 g/mol. The molecule has 0 aromatic heterocycles. The normalized spacial score (nSPS) is 20.9. The number of hydrogen-bond donors (Lipinski definition) is 0. The van der Waals surface area contributed by atoms with Crippen LogP contribution in [-0.2, 0) is 19.4 Å². The molecule has 64 valence electrons. The van der Waals surface area contributed by atoms with Gasteiger partial charge in [0, 0.05) is 6.26 Å². The van der Waals surface area contributed by atoms with E-state index in [-0.39, 0.29) is 0 Å². The third-order valence-electron chi connectivity index (χ3n) is 1.97. The first-order valence-electron chi connectivity index (χ1n) is 3.22. The van der Waals surface area contributed by atoms with Crippen molar-refractivity contribution >= 4 is 15.8 Å². The van der Waals surface area contributed by atoms with Gasteiger partial charge >= 0.3 is 5.97 Å². The van der Waals surface area contributed by atoms with Crippen molar-refractivity contribution in [2.75, 3.05) is 13.4 Å². The van der Waals surface area contributed by atoms with Gasteiger partial charge in [-0.05, 0) is 12.8 Å². The fourth-order valence-corrected chi connectivity index (χ4v) is 2.26. The van der Waals surface area contributed by atoms with E-state index in [0.717, 1.165) is 6.26 Å². The van der Waals surface area contributed by atoms with E-state index in [2.05, 4.69) is 4.74 Å². The monoisotopic (exact) mass is 178 g/mol. The molecule has 4 nitrogen and oxygen atoms in total. The zero-order chi connectivity index (χ0) is 8.70. The van der Waals surface area contributed by atoms with Crippen molar-refractivity contribution in [2.24, 2.45) is 0 Å². The van der Waals surface area contributed by atoms with Gasteiger partial charge in [0.15, 0.2) is 14.6 Å². The maximum absolute atomic E-state index is 11.0. The van der Waals surface area contributed by atoms with Gasteiger partial charge in [0.2, 0.25) is 0 Å². The minimum atomic E-state index is -3.28. The van der Waals surface area contributed by atoms with E-state index in [0.29, 0.717) is 12.8 Å². The van der Waals surface area contributed by atoms with Crippen LogP contribution in [-0.4, -0.2) is 32.5 Å². The zero-order valence-electron chi connectivity index (χ0n) is 6.46. The summed E-state index contributed by atoms with van der Waals surface area (Å²) >= 11 is 0. The van der Waals surface area contributed by atoms with Crippen LogP contribution in [0.2, 0.25) is 0 Å². The van der Waals surface area contributed by atoms with Crippen molar-refractivity contribution in [1.82, 2.24) is 0 Å². The number of rotatable bonds is 2. The van der Waals surface area contributed by atoms with Crippen LogP contribution in [0.3, 0.4) is 0 Å². The summed E-state index contributed by atoms with van der Waals surface area (Å²) in [6, 6.07) is 0. The highest BCUT2D eigenvalue weighted by Gasteiger charge is 2.59. The smallest absolute Gasteiger partial charge is 0.327 e. The second-order valence-corrected chi connectivity index (χ2v) is 5.08. The Morgan fingerprint density at radius 1 is 1.45 bits per heavy atom. The largest absolute Gasteiger partial charge is 0.468 e. The van der Waals surface area contributed by atoms with Gasteiger partial charge in [-0.25, -0.2) is 8.42 Å². The first kappa shape index (κ1) is 8.52. The van der Waals surface area contributed by atoms with Gasteiger partial charge in [-0.3, -0.25) is 4.79 Å². The molecule has 0 spiro atoms. The minimum absolute atomic E-state index is 0.401. The average Bonchev–Trinajstić information content (AvgIpc) is 2.63. The first-order chi connectivity index (χ1) is 4.94. The molecule has 0 unspecified atom stereocenters. The fraction of sp³-hybridized carbons (Fsp3) is 0.833. The highest BCUT2D eigenvalue weighted by molar-refractivity contribution is 7.93. The third-order valence-corrected chi connectivity index (χ3v) is 3.97. The van der Waals surface area contributed by atoms with E-state index < -0.39 is 20.6 Å². The maximum atomic E-state index is 11.0. The summed E-state index contributed by atoms with van der Waals surface area (Å²) in [5, 5.41) is 0. The van der Waals surface area contributed by atoms with Crippen molar-refractivity contribution in [1.29, 1.82) is 0 Å². The molecule has 0 amide bonds. The molecule has 1 rings (SSSR count). The molecule has 1 aliphatic rings. The number of hydrogen-bond acceptors (Lipinski definition) is 4. The Kier molecular flexibility index (Phi) is 1.70. The van der Waals surface area contributed by atoms with Crippen LogP contribution in [0, 0.1) is 0 Å². The lowest BCUT2D eigenvalue weighted by Gasteiger charge is -2.08. The summed E-state index contributed by atoms with van der Waals surface area (Å²) in [6.45, 7) is 0. The van der Waals surface area contributed by atoms with Crippen molar-refractivity contribution < 1.29 is 17.9 Å². The number of carbonyl (C=O) groups excluding carboxylic acids is 1. The predicted octanol–water partition coefficient (Wildman–Crippen LogP) is -0.263. The van der Waals surface area contributed by atoms with E-state index in [4.69, 9.17) is 0 Å². The Bertz CT molecular complexity index is 273. The molecule has 0 saturated heterocycles. The van der Waals surface area contributed by atoms with Crippen molar-refractivity contribution in [3.8, 4) is 0 Å². The van der Waals surface area contributed by atoms with E-state index >= 15 is 0 Å². The number of ether oxygens (including phenoxy) is 1. The van der Waals surface area contributed by atoms with Crippen molar-refractivity contribution in [3.63, 3.8) is 0 Å². The molecule has 0 bridgehead atoms. The van der Waals surface area contributed by atoms with E-state index in [1.165, 1.54) is 7.11 Å². The maximum Gasteiger partial charge on any atom is 0.327 e. The minimum Gasteiger partial charge on any atom is -0.468 e. The molecule has 0 N–H and O–H groups in total. The molecule has 11 heavy (non-hydrogen) atoms. The quantitative estimate of drug-likeness (QED) is 0.546. The number of esters is 1. The van der Waals surface area contributed by atoms with E-state index in [9.17, 15) is 13.2 Å². The standard InChI is InChI=1S/C6H10O4S/c1-10-5(7)6(3-4-6)11(2,8)9/h3-4H2,1-2H3. The van der Waals surface area contributed by atoms with Crippen LogP contribution in [0.5, 0.6) is 0 Å². The molecule has 1 aliphatic carbocycles. The molecular weight excluding hydrogens is 168 g/mol. The fourth-order valence-electron chi connectivity index (χ4n) is 1.03. The number of carbonyl (C=O) groups is 1. The molecule has 1 fully saturated rings. The molecule has 0 aromatic rings. The zero-order valence-corrected chi connectivity index (χ0v) is 7.27. The highest BCUT2D eigenvalue weighted by Crippen LogP contribution is 2.43. The topological polar surface area (TPSA) is 60.4 Å². The van der Waals surface area contributed by atoms with Crippen LogP contribution in [0.4, 0.5) is 0 Å². The molecule has 1 saturated carbocycles. The summed E-state index contributed by atoms with van der Waals surface area (Å²) in [4.78, 5) is 10.9. The summed E-state index contributed by atoms with van der Waals surface area (Å²) in [5.74, 6) is -0.625. The predicted molar refractivity (Wildman–Crippen MR) is 38.8 cm³/mol. The lowest BCUT2D eigenvalue weighted by Crippen LogP contribution is -2.32. The molecule has 0 aromatic carbocycles. The summed E-state index contributed by atoms with van der Waals surface area (Å²) < 4.78 is 25.2. The van der Waals surface area contributed by atoms with Gasteiger partial charge in [-0.15, -0.1) is 0 Å².